The zero-order chi connectivity index (χ0) is 21.3. The summed E-state index contributed by atoms with van der Waals surface area (Å²) in [6, 6.07) is 19.2. The van der Waals surface area contributed by atoms with E-state index < -0.39 is 0 Å². The molecule has 0 aliphatic heterocycles. The molecule has 6 heteroatoms. The highest BCUT2D eigenvalue weighted by molar-refractivity contribution is 7.98. The van der Waals surface area contributed by atoms with Crippen LogP contribution in [-0.2, 0) is 15.3 Å². The van der Waals surface area contributed by atoms with Crippen LogP contribution < -0.4 is 10.6 Å². The number of nitrogens with zero attached hydrogens (tertiary/aromatic N) is 1. The molecule has 5 nitrogen and oxygen atoms in total. The lowest BCUT2D eigenvalue weighted by atomic mass is 10.0. The Balaban J connectivity index is 1.57. The van der Waals surface area contributed by atoms with E-state index in [2.05, 4.69) is 15.6 Å². The molecule has 1 aromatic heterocycles. The summed E-state index contributed by atoms with van der Waals surface area (Å²) in [5, 5.41) is 5.78. The molecule has 2 amide bonds. The average molecular weight is 420 g/mol. The van der Waals surface area contributed by atoms with Crippen LogP contribution in [0.2, 0.25) is 0 Å². The van der Waals surface area contributed by atoms with Gasteiger partial charge in [0.05, 0.1) is 12.5 Å². The summed E-state index contributed by atoms with van der Waals surface area (Å²) in [7, 11) is 0. The van der Waals surface area contributed by atoms with E-state index >= 15 is 0 Å². The normalized spacial score (nSPS) is 11.5. The van der Waals surface area contributed by atoms with Crippen molar-refractivity contribution in [2.24, 2.45) is 0 Å². The highest BCUT2D eigenvalue weighted by atomic mass is 32.2. The van der Waals surface area contributed by atoms with Gasteiger partial charge < -0.3 is 10.6 Å². The van der Waals surface area contributed by atoms with E-state index in [9.17, 15) is 9.59 Å². The molecule has 0 radical (unpaired) electrons. The Bertz CT molecular complexity index is 974. The van der Waals surface area contributed by atoms with Crippen LogP contribution in [0, 0.1) is 6.92 Å². The molecule has 1 unspecified atom stereocenters. The second-order valence-corrected chi connectivity index (χ2v) is 8.14. The van der Waals surface area contributed by atoms with Crippen molar-refractivity contribution in [1.29, 1.82) is 0 Å². The van der Waals surface area contributed by atoms with E-state index in [0.717, 1.165) is 27.5 Å². The van der Waals surface area contributed by atoms with E-state index in [1.165, 1.54) is 12.5 Å². The van der Waals surface area contributed by atoms with Crippen molar-refractivity contribution in [1.82, 2.24) is 10.3 Å². The van der Waals surface area contributed by atoms with Crippen molar-refractivity contribution in [3.63, 3.8) is 0 Å². The lowest BCUT2D eigenvalue weighted by Crippen LogP contribution is -2.29. The summed E-state index contributed by atoms with van der Waals surface area (Å²) < 4.78 is 0. The van der Waals surface area contributed by atoms with Gasteiger partial charge in [-0.2, -0.15) is 0 Å². The Morgan fingerprint density at radius 2 is 1.77 bits per heavy atom. The topological polar surface area (TPSA) is 71.1 Å². The second kappa shape index (κ2) is 10.6. The fraction of sp³-hybridized carbons (Fsp3) is 0.208. The van der Waals surface area contributed by atoms with E-state index in [-0.39, 0.29) is 24.3 Å². The van der Waals surface area contributed by atoms with Crippen molar-refractivity contribution in [2.75, 3.05) is 5.32 Å². The van der Waals surface area contributed by atoms with Crippen molar-refractivity contribution in [3.05, 3.63) is 89.7 Å². The van der Waals surface area contributed by atoms with Gasteiger partial charge in [0.25, 0.3) is 0 Å². The molecule has 0 fully saturated rings. The van der Waals surface area contributed by atoms with Gasteiger partial charge in [0.1, 0.15) is 0 Å². The first-order valence-electron chi connectivity index (χ1n) is 9.75. The van der Waals surface area contributed by atoms with Crippen LogP contribution in [0.5, 0.6) is 0 Å². The third-order valence-corrected chi connectivity index (χ3v) is 5.60. The van der Waals surface area contributed by atoms with Crippen LogP contribution in [0.3, 0.4) is 0 Å². The molecular weight excluding hydrogens is 394 g/mol. The molecule has 2 N–H and O–H groups in total. The highest BCUT2D eigenvalue weighted by Crippen LogP contribution is 2.24. The monoisotopic (exact) mass is 419 g/mol. The summed E-state index contributed by atoms with van der Waals surface area (Å²) in [5.41, 5.74) is 3.94. The highest BCUT2D eigenvalue weighted by Gasteiger charge is 2.17. The number of pyridine rings is 1. The van der Waals surface area contributed by atoms with Crippen LogP contribution in [0.4, 0.5) is 5.69 Å². The molecule has 2 aromatic carbocycles. The number of aryl methyl sites for hydroxylation is 1. The zero-order valence-electron chi connectivity index (χ0n) is 17.1. The number of rotatable bonds is 8. The standard InChI is InChI=1S/C24H25N3O2S/c1-17-5-7-20(8-6-17)23(26-18(2)28)14-24(29)27-21-9-11-22(12-10-21)30-16-19-4-3-13-25-15-19/h3-13,15,23H,14,16H2,1-2H3,(H,26,28)(H,27,29). The van der Waals surface area contributed by atoms with Gasteiger partial charge in [-0.3, -0.25) is 14.6 Å². The second-order valence-electron chi connectivity index (χ2n) is 7.09. The summed E-state index contributed by atoms with van der Waals surface area (Å²) in [6.45, 7) is 3.46. The molecule has 154 valence electrons. The first-order chi connectivity index (χ1) is 14.5. The Morgan fingerprint density at radius 3 is 2.40 bits per heavy atom. The van der Waals surface area contributed by atoms with Crippen LogP contribution >= 0.6 is 11.8 Å². The zero-order valence-corrected chi connectivity index (χ0v) is 17.9. The van der Waals surface area contributed by atoms with Crippen molar-refractivity contribution in [2.45, 2.75) is 37.0 Å². The molecule has 0 bridgehead atoms. The van der Waals surface area contributed by atoms with Crippen LogP contribution in [0.25, 0.3) is 0 Å². The maximum atomic E-state index is 12.6. The molecule has 30 heavy (non-hydrogen) atoms. The number of hydrogen-bond donors (Lipinski definition) is 2. The molecule has 3 rings (SSSR count). The average Bonchev–Trinajstić information content (AvgIpc) is 2.74. The summed E-state index contributed by atoms with van der Waals surface area (Å²) in [5.74, 6) is 0.530. The first kappa shape index (κ1) is 21.6. The molecular formula is C24H25N3O2S. The maximum Gasteiger partial charge on any atom is 0.226 e. The largest absolute Gasteiger partial charge is 0.349 e. The summed E-state index contributed by atoms with van der Waals surface area (Å²) in [4.78, 5) is 29.4. The fourth-order valence-corrected chi connectivity index (χ4v) is 3.81. The molecule has 1 atom stereocenters. The van der Waals surface area contributed by atoms with Gasteiger partial charge in [-0.15, -0.1) is 11.8 Å². The van der Waals surface area contributed by atoms with E-state index in [0.29, 0.717) is 0 Å². The quantitative estimate of drug-likeness (QED) is 0.510. The van der Waals surface area contributed by atoms with Gasteiger partial charge in [-0.1, -0.05) is 35.9 Å². The van der Waals surface area contributed by atoms with Crippen LogP contribution in [0.15, 0.2) is 78.0 Å². The van der Waals surface area contributed by atoms with Gasteiger partial charge in [0, 0.05) is 35.7 Å². The van der Waals surface area contributed by atoms with Crippen molar-refractivity contribution in [3.8, 4) is 0 Å². The fourth-order valence-electron chi connectivity index (χ4n) is 2.98. The van der Waals surface area contributed by atoms with Gasteiger partial charge in [-0.25, -0.2) is 0 Å². The molecule has 0 saturated heterocycles. The minimum atomic E-state index is -0.364. The maximum absolute atomic E-state index is 12.6. The minimum absolute atomic E-state index is 0.148. The van der Waals surface area contributed by atoms with Gasteiger partial charge in [0.2, 0.25) is 11.8 Å². The lowest BCUT2D eigenvalue weighted by Gasteiger charge is -2.18. The molecule has 0 saturated carbocycles. The molecule has 0 spiro atoms. The van der Waals surface area contributed by atoms with Crippen molar-refractivity contribution >= 4 is 29.3 Å². The minimum Gasteiger partial charge on any atom is -0.349 e. The Morgan fingerprint density at radius 1 is 1.03 bits per heavy atom. The number of benzene rings is 2. The van der Waals surface area contributed by atoms with Gasteiger partial charge in [-0.05, 0) is 48.4 Å². The van der Waals surface area contributed by atoms with Crippen molar-refractivity contribution < 1.29 is 9.59 Å². The molecule has 1 heterocycles. The lowest BCUT2D eigenvalue weighted by molar-refractivity contribution is -0.120. The molecule has 0 aliphatic rings. The van der Waals surface area contributed by atoms with Gasteiger partial charge in [0.15, 0.2) is 0 Å². The van der Waals surface area contributed by atoms with E-state index in [1.807, 2.05) is 73.8 Å². The number of carbonyl (C=O) groups excluding carboxylic acids is 2. The summed E-state index contributed by atoms with van der Waals surface area (Å²) in [6.07, 6.45) is 3.79. The number of amides is 2. The smallest absolute Gasteiger partial charge is 0.226 e. The van der Waals surface area contributed by atoms with Crippen LogP contribution in [-0.4, -0.2) is 16.8 Å². The third kappa shape index (κ3) is 6.74. The van der Waals surface area contributed by atoms with Gasteiger partial charge >= 0.3 is 0 Å². The third-order valence-electron chi connectivity index (χ3n) is 4.51. The molecule has 0 aliphatic carbocycles. The van der Waals surface area contributed by atoms with E-state index in [1.54, 1.807) is 18.0 Å². The number of nitrogens with one attached hydrogen (secondary N) is 2. The number of anilines is 1. The van der Waals surface area contributed by atoms with Crippen LogP contribution in [0.1, 0.15) is 36.1 Å². The number of hydrogen-bond acceptors (Lipinski definition) is 4. The Kier molecular flexibility index (Phi) is 7.63. The number of thioether (sulfide) groups is 1. The Hall–Kier alpha value is -3.12. The first-order valence-corrected chi connectivity index (χ1v) is 10.7. The Labute approximate surface area is 181 Å². The predicted octanol–water partition coefficient (Wildman–Crippen LogP) is 4.89. The van der Waals surface area contributed by atoms with E-state index in [4.69, 9.17) is 0 Å². The number of carbonyl (C=O) groups is 2. The SMILES string of the molecule is CC(=O)NC(CC(=O)Nc1ccc(SCc2cccnc2)cc1)c1ccc(C)cc1. The summed E-state index contributed by atoms with van der Waals surface area (Å²) >= 11 is 1.72. The molecule has 3 aromatic rings. The number of aromatic nitrogens is 1. The predicted molar refractivity (Wildman–Crippen MR) is 121 cm³/mol.